The average Bonchev–Trinajstić information content (AvgIpc) is 2.89. The quantitative estimate of drug-likeness (QED) is 0.731. The van der Waals surface area contributed by atoms with E-state index in [1.54, 1.807) is 12.3 Å². The van der Waals surface area contributed by atoms with E-state index in [1.807, 2.05) is 4.68 Å². The highest BCUT2D eigenvalue weighted by molar-refractivity contribution is 5.98. The number of nitrogens with zero attached hydrogens (tertiary/aromatic N) is 2. The first-order valence-electron chi connectivity index (χ1n) is 4.75. The first kappa shape index (κ1) is 8.99. The van der Waals surface area contributed by atoms with Gasteiger partial charge in [-0.15, -0.1) is 0 Å². The summed E-state index contributed by atoms with van der Waals surface area (Å²) >= 11 is 0. The van der Waals surface area contributed by atoms with Crippen molar-refractivity contribution in [3.63, 3.8) is 0 Å². The summed E-state index contributed by atoms with van der Waals surface area (Å²) in [6.07, 6.45) is 5.50. The highest BCUT2D eigenvalue weighted by atomic mass is 16.1. The normalized spacial score (nSPS) is 15.1. The molecule has 4 nitrogen and oxygen atoms in total. The van der Waals surface area contributed by atoms with Gasteiger partial charge >= 0.3 is 0 Å². The minimum atomic E-state index is -0.192. The van der Waals surface area contributed by atoms with Gasteiger partial charge in [0.05, 0.1) is 6.20 Å². The molecular weight excluding hydrogens is 178 g/mol. The van der Waals surface area contributed by atoms with Crippen molar-refractivity contribution in [1.82, 2.24) is 9.78 Å². The summed E-state index contributed by atoms with van der Waals surface area (Å²) in [7, 11) is 0. The maximum absolute atomic E-state index is 11.1. The smallest absolute Gasteiger partial charge is 0.248 e. The third-order valence-electron chi connectivity index (χ3n) is 2.28. The van der Waals surface area contributed by atoms with Crippen LogP contribution in [0.15, 0.2) is 24.9 Å². The van der Waals surface area contributed by atoms with Crippen LogP contribution in [0.1, 0.15) is 12.8 Å². The summed E-state index contributed by atoms with van der Waals surface area (Å²) in [6, 6.07) is 1.80. The molecule has 1 saturated carbocycles. The Bertz CT molecular complexity index is 352. The minimum Gasteiger partial charge on any atom is -0.307 e. The van der Waals surface area contributed by atoms with E-state index >= 15 is 0 Å². The first-order chi connectivity index (χ1) is 6.79. The van der Waals surface area contributed by atoms with Gasteiger partial charge in [-0.25, -0.2) is 4.68 Å². The Morgan fingerprint density at radius 2 is 2.57 bits per heavy atom. The lowest BCUT2D eigenvalue weighted by Crippen LogP contribution is -2.13. The Balaban J connectivity index is 2.03. The topological polar surface area (TPSA) is 46.9 Å². The van der Waals surface area contributed by atoms with Gasteiger partial charge in [-0.2, -0.15) is 5.10 Å². The zero-order chi connectivity index (χ0) is 9.97. The molecule has 1 amide bonds. The fourth-order valence-corrected chi connectivity index (χ4v) is 1.31. The van der Waals surface area contributed by atoms with Crippen LogP contribution in [0, 0.1) is 5.92 Å². The molecule has 14 heavy (non-hydrogen) atoms. The molecule has 74 valence electrons. The van der Waals surface area contributed by atoms with Crippen molar-refractivity contribution >= 4 is 11.7 Å². The largest absolute Gasteiger partial charge is 0.307 e. The Morgan fingerprint density at radius 3 is 3.21 bits per heavy atom. The van der Waals surface area contributed by atoms with Crippen molar-refractivity contribution in [2.45, 2.75) is 19.4 Å². The van der Waals surface area contributed by atoms with Gasteiger partial charge in [0.2, 0.25) is 5.91 Å². The number of rotatable bonds is 4. The molecule has 1 aliphatic carbocycles. The lowest BCUT2D eigenvalue weighted by molar-refractivity contribution is -0.111. The fraction of sp³-hybridized carbons (Fsp3) is 0.400. The van der Waals surface area contributed by atoms with E-state index in [4.69, 9.17) is 0 Å². The zero-order valence-electron chi connectivity index (χ0n) is 7.94. The van der Waals surface area contributed by atoms with Gasteiger partial charge in [-0.05, 0) is 24.8 Å². The highest BCUT2D eigenvalue weighted by Crippen LogP contribution is 2.31. The maximum atomic E-state index is 11.1. The Kier molecular flexibility index (Phi) is 2.35. The summed E-state index contributed by atoms with van der Waals surface area (Å²) in [6.45, 7) is 4.30. The Morgan fingerprint density at radius 1 is 1.79 bits per heavy atom. The van der Waals surface area contributed by atoms with E-state index in [1.165, 1.54) is 18.9 Å². The minimum absolute atomic E-state index is 0.192. The zero-order valence-corrected chi connectivity index (χ0v) is 7.94. The molecule has 1 aliphatic rings. The van der Waals surface area contributed by atoms with E-state index in [2.05, 4.69) is 17.0 Å². The summed E-state index contributed by atoms with van der Waals surface area (Å²) in [4.78, 5) is 11.1. The molecule has 0 atom stereocenters. The van der Waals surface area contributed by atoms with Gasteiger partial charge in [-0.1, -0.05) is 6.58 Å². The Labute approximate surface area is 82.6 Å². The van der Waals surface area contributed by atoms with Crippen LogP contribution in [0.25, 0.3) is 0 Å². The van der Waals surface area contributed by atoms with Crippen molar-refractivity contribution in [1.29, 1.82) is 0 Å². The Hall–Kier alpha value is -1.58. The molecule has 2 rings (SSSR count). The molecular formula is C10H13N3O. The third kappa shape index (κ3) is 2.02. The summed E-state index contributed by atoms with van der Waals surface area (Å²) in [5.74, 6) is 1.30. The SMILES string of the molecule is C=CC(=O)Nc1ccnn1CC1CC1. The van der Waals surface area contributed by atoms with Crippen molar-refractivity contribution in [3.05, 3.63) is 24.9 Å². The van der Waals surface area contributed by atoms with Gasteiger partial charge in [0, 0.05) is 12.6 Å². The number of aromatic nitrogens is 2. The lowest BCUT2D eigenvalue weighted by Gasteiger charge is -2.06. The van der Waals surface area contributed by atoms with E-state index in [9.17, 15) is 4.79 Å². The molecule has 4 heteroatoms. The van der Waals surface area contributed by atoms with Crippen molar-refractivity contribution in [2.24, 2.45) is 5.92 Å². The average molecular weight is 191 g/mol. The summed E-state index contributed by atoms with van der Waals surface area (Å²) in [5.41, 5.74) is 0. The van der Waals surface area contributed by atoms with Crippen molar-refractivity contribution in [2.75, 3.05) is 5.32 Å². The van der Waals surface area contributed by atoms with Gasteiger partial charge in [0.1, 0.15) is 5.82 Å². The number of anilines is 1. The van der Waals surface area contributed by atoms with Crippen LogP contribution < -0.4 is 5.32 Å². The summed E-state index contributed by atoms with van der Waals surface area (Å²) < 4.78 is 1.83. The van der Waals surface area contributed by atoms with Crippen LogP contribution in [0.2, 0.25) is 0 Å². The van der Waals surface area contributed by atoms with Crippen molar-refractivity contribution < 1.29 is 4.79 Å². The molecule has 0 saturated heterocycles. The van der Waals surface area contributed by atoms with Crippen LogP contribution >= 0.6 is 0 Å². The van der Waals surface area contributed by atoms with Gasteiger partial charge in [0.25, 0.3) is 0 Å². The van der Waals surface area contributed by atoms with Crippen LogP contribution in [0.4, 0.5) is 5.82 Å². The number of carbonyl (C=O) groups is 1. The molecule has 1 aromatic rings. The molecule has 0 aliphatic heterocycles. The maximum Gasteiger partial charge on any atom is 0.248 e. The fourth-order valence-electron chi connectivity index (χ4n) is 1.31. The molecule has 1 aromatic heterocycles. The van der Waals surface area contributed by atoms with Crippen LogP contribution in [-0.4, -0.2) is 15.7 Å². The number of hydrogen-bond acceptors (Lipinski definition) is 2. The van der Waals surface area contributed by atoms with Crippen LogP contribution in [0.3, 0.4) is 0 Å². The monoisotopic (exact) mass is 191 g/mol. The highest BCUT2D eigenvalue weighted by Gasteiger charge is 2.22. The van der Waals surface area contributed by atoms with E-state index in [0.717, 1.165) is 18.3 Å². The summed E-state index contributed by atoms with van der Waals surface area (Å²) in [5, 5.41) is 6.87. The van der Waals surface area contributed by atoms with Crippen molar-refractivity contribution in [3.8, 4) is 0 Å². The molecule has 0 radical (unpaired) electrons. The lowest BCUT2D eigenvalue weighted by atomic mass is 10.4. The van der Waals surface area contributed by atoms with E-state index < -0.39 is 0 Å². The van der Waals surface area contributed by atoms with Gasteiger partial charge in [-0.3, -0.25) is 4.79 Å². The van der Waals surface area contributed by atoms with Gasteiger partial charge in [0.15, 0.2) is 0 Å². The van der Waals surface area contributed by atoms with Gasteiger partial charge < -0.3 is 5.32 Å². The predicted molar refractivity (Wildman–Crippen MR) is 53.8 cm³/mol. The third-order valence-corrected chi connectivity index (χ3v) is 2.28. The van der Waals surface area contributed by atoms with E-state index in [0.29, 0.717) is 0 Å². The molecule has 0 aromatic carbocycles. The first-order valence-corrected chi connectivity index (χ1v) is 4.75. The van der Waals surface area contributed by atoms with Crippen LogP contribution in [-0.2, 0) is 11.3 Å². The molecule has 0 bridgehead atoms. The molecule has 1 fully saturated rings. The van der Waals surface area contributed by atoms with Crippen LogP contribution in [0.5, 0.6) is 0 Å². The number of carbonyl (C=O) groups excluding carboxylic acids is 1. The number of hydrogen-bond donors (Lipinski definition) is 1. The standard InChI is InChI=1S/C10H13N3O/c1-2-10(14)12-9-5-6-11-13(9)7-8-3-4-8/h2,5-6,8H,1,3-4,7H2,(H,12,14). The molecule has 0 spiro atoms. The second kappa shape index (κ2) is 3.65. The number of nitrogens with one attached hydrogen (secondary N) is 1. The molecule has 0 unspecified atom stereocenters. The number of amides is 1. The van der Waals surface area contributed by atoms with E-state index in [-0.39, 0.29) is 5.91 Å². The molecule has 1 heterocycles. The second-order valence-corrected chi connectivity index (χ2v) is 3.54. The molecule has 1 N–H and O–H groups in total. The predicted octanol–water partition coefficient (Wildman–Crippen LogP) is 1.42. The second-order valence-electron chi connectivity index (χ2n) is 3.54.